The van der Waals surface area contributed by atoms with Crippen LogP contribution in [0.4, 0.5) is 0 Å². The number of hydrogen-bond donors (Lipinski definition) is 16. The Labute approximate surface area is 403 Å². The second-order valence-corrected chi connectivity index (χ2v) is 17.1. The van der Waals surface area contributed by atoms with E-state index in [0.717, 1.165) is 11.8 Å². The molecule has 27 heteroatoms. The third kappa shape index (κ3) is 22.5. The SMILES string of the molecule is CNCCCC[C@@H]1NC(=O)CSC[C@@H](C(N)=O)NC(=O)[C@H](Cc2ccccc2)NC(=O)[C@H](CS)NC(=O)[C@H](CC(=O)O)NC(=O)CNC(=O)[C@H](CCCNC(=N)N)NC(=O)[C@H](CCS)NC1=O. The first kappa shape index (κ1) is 57.3. The summed E-state index contributed by atoms with van der Waals surface area (Å²) in [6.45, 7) is -0.0937. The molecule has 1 aromatic carbocycles. The van der Waals surface area contributed by atoms with Crippen molar-refractivity contribution in [3.8, 4) is 0 Å². The number of thiol groups is 2. The van der Waals surface area contributed by atoms with Gasteiger partial charge in [0, 0.05) is 24.5 Å². The zero-order chi connectivity index (χ0) is 49.9. The van der Waals surface area contributed by atoms with Crippen LogP contribution in [0.15, 0.2) is 30.3 Å². The molecule has 1 saturated heterocycles. The van der Waals surface area contributed by atoms with E-state index in [-0.39, 0.29) is 67.6 Å². The maximum absolute atomic E-state index is 13.8. The molecule has 0 spiro atoms. The van der Waals surface area contributed by atoms with Gasteiger partial charge in [-0.05, 0) is 63.4 Å². The van der Waals surface area contributed by atoms with Crippen molar-refractivity contribution in [2.75, 3.05) is 49.7 Å². The molecule has 9 amide bonds. The van der Waals surface area contributed by atoms with E-state index in [2.05, 4.69) is 78.4 Å². The van der Waals surface area contributed by atoms with Crippen LogP contribution >= 0.6 is 37.0 Å². The van der Waals surface area contributed by atoms with Gasteiger partial charge in [0.15, 0.2) is 5.96 Å². The fraction of sp³-hybridized carbons (Fsp3) is 0.575. The van der Waals surface area contributed by atoms with Crippen molar-refractivity contribution in [3.05, 3.63) is 35.9 Å². The van der Waals surface area contributed by atoms with Gasteiger partial charge >= 0.3 is 5.97 Å². The number of nitrogens with two attached hydrogens (primary N) is 2. The van der Waals surface area contributed by atoms with Crippen molar-refractivity contribution in [2.24, 2.45) is 11.5 Å². The van der Waals surface area contributed by atoms with Crippen molar-refractivity contribution in [1.29, 1.82) is 5.41 Å². The topological polar surface area (TPSA) is 387 Å². The van der Waals surface area contributed by atoms with E-state index in [4.69, 9.17) is 16.9 Å². The van der Waals surface area contributed by atoms with Crippen molar-refractivity contribution in [1.82, 2.24) is 53.2 Å². The highest BCUT2D eigenvalue weighted by molar-refractivity contribution is 8.00. The van der Waals surface area contributed by atoms with Gasteiger partial charge in [0.25, 0.3) is 0 Å². The van der Waals surface area contributed by atoms with E-state index >= 15 is 0 Å². The number of carbonyl (C=O) groups is 10. The van der Waals surface area contributed by atoms with Crippen LogP contribution in [-0.2, 0) is 54.4 Å². The van der Waals surface area contributed by atoms with Crippen LogP contribution in [0, 0.1) is 5.41 Å². The number of benzene rings is 1. The highest BCUT2D eigenvalue weighted by Crippen LogP contribution is 2.10. The summed E-state index contributed by atoms with van der Waals surface area (Å²) in [5, 5.41) is 42.4. The monoisotopic (exact) mass is 997 g/mol. The number of carbonyl (C=O) groups excluding carboxylic acids is 9. The predicted molar refractivity (Wildman–Crippen MR) is 255 cm³/mol. The molecule has 67 heavy (non-hydrogen) atoms. The molecule has 372 valence electrons. The number of primary amides is 1. The lowest BCUT2D eigenvalue weighted by Gasteiger charge is -2.25. The summed E-state index contributed by atoms with van der Waals surface area (Å²) in [7, 11) is 1.75. The van der Waals surface area contributed by atoms with Gasteiger partial charge in [0.1, 0.15) is 42.3 Å². The van der Waals surface area contributed by atoms with E-state index in [0.29, 0.717) is 24.9 Å². The number of carboxylic acid groups (broad SMARTS) is 1. The molecule has 7 atom stereocenters. The number of rotatable bonds is 17. The molecule has 1 aliphatic rings. The largest absolute Gasteiger partial charge is 0.481 e. The summed E-state index contributed by atoms with van der Waals surface area (Å²) < 4.78 is 0. The molecule has 0 aromatic heterocycles. The van der Waals surface area contributed by atoms with Gasteiger partial charge in [0.2, 0.25) is 53.2 Å². The van der Waals surface area contributed by atoms with Crippen molar-refractivity contribution in [2.45, 2.75) is 93.7 Å². The molecular formula is C40H63N13O11S3. The number of guanidine groups is 1. The van der Waals surface area contributed by atoms with Gasteiger partial charge in [0.05, 0.1) is 18.7 Å². The number of unbranched alkanes of at least 4 members (excludes halogenated alkanes) is 1. The van der Waals surface area contributed by atoms with E-state index in [9.17, 15) is 53.1 Å². The molecule has 0 aliphatic carbocycles. The van der Waals surface area contributed by atoms with Crippen LogP contribution in [-0.4, -0.2) is 162 Å². The summed E-state index contributed by atoms with van der Waals surface area (Å²) in [4.78, 5) is 133. The smallest absolute Gasteiger partial charge is 0.305 e. The van der Waals surface area contributed by atoms with E-state index in [1.807, 2.05) is 0 Å². The molecule has 0 saturated carbocycles. The molecular weight excluding hydrogens is 935 g/mol. The van der Waals surface area contributed by atoms with Gasteiger partial charge < -0.3 is 69.7 Å². The number of nitrogens with one attached hydrogen (secondary N) is 11. The van der Waals surface area contributed by atoms with Gasteiger partial charge in [-0.1, -0.05) is 30.3 Å². The third-order valence-electron chi connectivity index (χ3n) is 9.85. The molecule has 0 radical (unpaired) electrons. The number of hydrogen-bond acceptors (Lipinski definition) is 15. The summed E-state index contributed by atoms with van der Waals surface area (Å²) in [5.74, 6) is -10.6. The van der Waals surface area contributed by atoms with Crippen LogP contribution in [0.25, 0.3) is 0 Å². The van der Waals surface area contributed by atoms with Crippen LogP contribution in [0.1, 0.15) is 50.5 Å². The maximum atomic E-state index is 13.8. The Balaban J connectivity index is 2.57. The molecule has 1 aliphatic heterocycles. The summed E-state index contributed by atoms with van der Waals surface area (Å²) in [6.07, 6.45) is 0.282. The normalized spacial score (nSPS) is 23.6. The Morgan fingerprint density at radius 1 is 0.701 bits per heavy atom. The van der Waals surface area contributed by atoms with E-state index in [1.54, 1.807) is 37.4 Å². The quantitative estimate of drug-likeness (QED) is 0.0302. The van der Waals surface area contributed by atoms with E-state index in [1.165, 1.54) is 0 Å². The second kappa shape index (κ2) is 31.2. The summed E-state index contributed by atoms with van der Waals surface area (Å²) in [6, 6.07) is -1.32. The van der Waals surface area contributed by atoms with Crippen LogP contribution < -0.4 is 64.6 Å². The first-order valence-corrected chi connectivity index (χ1v) is 23.8. The number of amides is 9. The number of thioether (sulfide) groups is 1. The molecule has 1 fully saturated rings. The van der Waals surface area contributed by atoms with Gasteiger partial charge in [-0.3, -0.25) is 53.4 Å². The van der Waals surface area contributed by atoms with Crippen LogP contribution in [0.2, 0.25) is 0 Å². The minimum Gasteiger partial charge on any atom is -0.481 e. The van der Waals surface area contributed by atoms with Crippen LogP contribution in [0.5, 0.6) is 0 Å². The number of aliphatic carboxylic acids is 1. The zero-order valence-electron chi connectivity index (χ0n) is 37.0. The maximum Gasteiger partial charge on any atom is 0.305 e. The highest BCUT2D eigenvalue weighted by atomic mass is 32.2. The van der Waals surface area contributed by atoms with E-state index < -0.39 is 114 Å². The average Bonchev–Trinajstić information content (AvgIpc) is 3.27. The molecule has 0 unspecified atom stereocenters. The lowest BCUT2D eigenvalue weighted by atomic mass is 10.0. The first-order valence-electron chi connectivity index (χ1n) is 21.3. The molecule has 1 aromatic rings. The number of carboxylic acids is 1. The van der Waals surface area contributed by atoms with Gasteiger partial charge in [-0.25, -0.2) is 0 Å². The van der Waals surface area contributed by atoms with Crippen molar-refractivity contribution >= 4 is 102 Å². The van der Waals surface area contributed by atoms with Gasteiger partial charge in [-0.15, -0.1) is 11.8 Å². The standard InChI is InChI=1S/C40H63N13O11S3/c1-44-13-6-5-10-24-35(60)50-25(12-15-65)36(61)49-23(11-7-14-45-40(42)43)34(59)46-18-30(54)48-27(17-32(56)57)38(63)52-28(19-66)39(64)51-26(16-22-8-3-2-4-9-22)37(62)53-29(33(41)58)20-67-21-31(55)47-24/h2-4,8-9,23-29,44,65-66H,5-7,10-21H2,1H3,(H2,41,58)(H,46,59)(H,47,55)(H,48,54)(H,49,61)(H,50,60)(H,51,64)(H,52,63)(H,53,62)(H,56,57)(H4,42,43,45)/t23-,24-,25-,26-,27-,28-,29-/m0/s1. The second-order valence-electron chi connectivity index (χ2n) is 15.2. The molecule has 24 nitrogen and oxygen atoms in total. The van der Waals surface area contributed by atoms with Gasteiger partial charge in [-0.2, -0.15) is 25.3 Å². The molecule has 16 N–H and O–H groups in total. The Morgan fingerprint density at radius 3 is 1.85 bits per heavy atom. The highest BCUT2D eigenvalue weighted by Gasteiger charge is 2.33. The predicted octanol–water partition coefficient (Wildman–Crippen LogP) is -4.65. The average molecular weight is 998 g/mol. The fourth-order valence-electron chi connectivity index (χ4n) is 6.35. The Hall–Kier alpha value is -5.80. The fourth-order valence-corrected chi connectivity index (χ4v) is 7.74. The summed E-state index contributed by atoms with van der Waals surface area (Å²) >= 11 is 9.31. The van der Waals surface area contributed by atoms with Crippen molar-refractivity contribution in [3.63, 3.8) is 0 Å². The molecule has 0 bridgehead atoms. The van der Waals surface area contributed by atoms with Crippen molar-refractivity contribution < 1.29 is 53.1 Å². The molecule has 1 heterocycles. The Morgan fingerprint density at radius 2 is 1.25 bits per heavy atom. The Kier molecular flexibility index (Phi) is 26.7. The summed E-state index contributed by atoms with van der Waals surface area (Å²) in [5.41, 5.74) is 11.6. The minimum absolute atomic E-state index is 0.0196. The van der Waals surface area contributed by atoms with Crippen LogP contribution in [0.3, 0.4) is 0 Å². The lowest BCUT2D eigenvalue weighted by molar-refractivity contribution is -0.141. The lowest BCUT2D eigenvalue weighted by Crippen LogP contribution is -2.59. The zero-order valence-corrected chi connectivity index (χ0v) is 39.6. The Bertz CT molecular complexity index is 1890. The first-order chi connectivity index (χ1) is 31.9. The third-order valence-corrected chi connectivity index (χ3v) is 11.5. The minimum atomic E-state index is -1.79. The molecule has 2 rings (SSSR count).